The predicted octanol–water partition coefficient (Wildman–Crippen LogP) is 2.62. The number of halogens is 1. The van der Waals surface area contributed by atoms with E-state index in [0.29, 0.717) is 23.0 Å². The Morgan fingerprint density at radius 3 is 2.84 bits per heavy atom. The molecule has 3 aromatic rings. The van der Waals surface area contributed by atoms with Crippen LogP contribution in [0.5, 0.6) is 5.75 Å². The lowest BCUT2D eigenvalue weighted by atomic mass is 9.94. The van der Waals surface area contributed by atoms with Crippen LogP contribution >= 0.6 is 0 Å². The molecule has 2 aromatic heterocycles. The number of aromatic hydroxyl groups is 1. The molecule has 1 saturated heterocycles. The Kier molecular flexibility index (Phi) is 5.02. The molecule has 8 nitrogen and oxygen atoms in total. The molecule has 164 valence electrons. The fourth-order valence-corrected chi connectivity index (χ4v) is 4.69. The van der Waals surface area contributed by atoms with Crippen LogP contribution in [0.4, 0.5) is 4.39 Å². The average molecular weight is 434 g/mol. The number of nitrogens with one attached hydrogen (secondary N) is 3. The van der Waals surface area contributed by atoms with Gasteiger partial charge in [-0.05, 0) is 62.9 Å². The summed E-state index contributed by atoms with van der Waals surface area (Å²) >= 11 is 0. The van der Waals surface area contributed by atoms with Gasteiger partial charge in [-0.3, -0.25) is 9.89 Å². The van der Waals surface area contributed by atoms with E-state index in [1.54, 1.807) is 0 Å². The molecule has 0 radical (unpaired) electrons. The van der Waals surface area contributed by atoms with Gasteiger partial charge in [0.2, 0.25) is 5.91 Å². The van der Waals surface area contributed by atoms with Crippen LogP contribution in [0.25, 0.3) is 22.3 Å². The van der Waals surface area contributed by atoms with Gasteiger partial charge in [-0.25, -0.2) is 9.37 Å². The number of carbonyl (C=O) groups excluding carboxylic acids is 1. The van der Waals surface area contributed by atoms with Crippen LogP contribution in [0, 0.1) is 30.0 Å². The van der Waals surface area contributed by atoms with E-state index >= 15 is 0 Å². The first kappa shape index (κ1) is 20.4. The number of nitriles is 1. The number of carbonyl (C=O) groups is 1. The second kappa shape index (κ2) is 7.88. The molecule has 0 bridgehead atoms. The largest absolute Gasteiger partial charge is 0.508 e. The Bertz CT molecular complexity index is 1260. The molecule has 1 saturated carbocycles. The number of phenolic OH excluding ortho intramolecular Hbond substituents is 1. The lowest BCUT2D eigenvalue weighted by Crippen LogP contribution is -2.43. The summed E-state index contributed by atoms with van der Waals surface area (Å²) < 4.78 is 14.7. The minimum Gasteiger partial charge on any atom is -0.508 e. The molecular formula is C23H23FN6O2. The van der Waals surface area contributed by atoms with Crippen LogP contribution in [0.15, 0.2) is 18.2 Å². The number of benzene rings is 1. The van der Waals surface area contributed by atoms with Crippen LogP contribution in [0.2, 0.25) is 0 Å². The number of H-pyrrole nitrogens is 1. The van der Waals surface area contributed by atoms with E-state index in [-0.39, 0.29) is 46.4 Å². The second-order valence-electron chi connectivity index (χ2n) is 8.55. The topological polar surface area (TPSA) is 127 Å². The van der Waals surface area contributed by atoms with Gasteiger partial charge in [0.05, 0.1) is 11.3 Å². The van der Waals surface area contributed by atoms with Crippen LogP contribution < -0.4 is 10.6 Å². The lowest BCUT2D eigenvalue weighted by molar-refractivity contribution is -0.123. The van der Waals surface area contributed by atoms with Crippen molar-refractivity contribution in [2.45, 2.75) is 38.1 Å². The first-order chi connectivity index (χ1) is 15.5. The quantitative estimate of drug-likeness (QED) is 0.500. The van der Waals surface area contributed by atoms with E-state index in [9.17, 15) is 19.6 Å². The monoisotopic (exact) mass is 434 g/mol. The van der Waals surface area contributed by atoms with Crippen molar-refractivity contribution in [3.63, 3.8) is 0 Å². The fourth-order valence-electron chi connectivity index (χ4n) is 4.69. The Hall–Kier alpha value is -3.51. The first-order valence-electron chi connectivity index (χ1n) is 10.8. The summed E-state index contributed by atoms with van der Waals surface area (Å²) in [4.78, 5) is 17.4. The predicted molar refractivity (Wildman–Crippen MR) is 115 cm³/mol. The molecular weight excluding hydrogens is 411 g/mol. The van der Waals surface area contributed by atoms with E-state index in [1.165, 1.54) is 12.1 Å². The van der Waals surface area contributed by atoms with Gasteiger partial charge in [0, 0.05) is 34.7 Å². The van der Waals surface area contributed by atoms with Crippen molar-refractivity contribution in [3.8, 4) is 23.1 Å². The normalized spacial score (nSPS) is 20.8. The molecule has 3 heterocycles. The number of aryl methyl sites for hydroxylation is 1. The zero-order valence-corrected chi connectivity index (χ0v) is 17.6. The van der Waals surface area contributed by atoms with Crippen molar-refractivity contribution in [1.29, 1.82) is 5.26 Å². The third-order valence-corrected chi connectivity index (χ3v) is 6.42. The molecule has 1 aliphatic carbocycles. The number of aromatic amines is 1. The van der Waals surface area contributed by atoms with Gasteiger partial charge >= 0.3 is 0 Å². The van der Waals surface area contributed by atoms with Crippen molar-refractivity contribution in [3.05, 3.63) is 40.8 Å². The van der Waals surface area contributed by atoms with Crippen LogP contribution in [-0.4, -0.2) is 45.3 Å². The minimum absolute atomic E-state index is 0.00531. The molecule has 32 heavy (non-hydrogen) atoms. The van der Waals surface area contributed by atoms with Crippen molar-refractivity contribution in [1.82, 2.24) is 25.8 Å². The summed E-state index contributed by atoms with van der Waals surface area (Å²) in [6.45, 7) is 3.62. The molecule has 0 spiro atoms. The van der Waals surface area contributed by atoms with E-state index in [4.69, 9.17) is 0 Å². The highest BCUT2D eigenvalue weighted by Gasteiger charge is 2.47. The number of hydrogen-bond donors (Lipinski definition) is 4. The first-order valence-corrected chi connectivity index (χ1v) is 10.8. The third kappa shape index (κ3) is 3.46. The summed E-state index contributed by atoms with van der Waals surface area (Å²) in [5.41, 5.74) is 2.35. The molecule has 2 aliphatic rings. The van der Waals surface area contributed by atoms with E-state index < -0.39 is 5.82 Å². The van der Waals surface area contributed by atoms with Gasteiger partial charge in [-0.15, -0.1) is 0 Å². The summed E-state index contributed by atoms with van der Waals surface area (Å²) in [6, 6.07) is 6.11. The number of pyridine rings is 1. The smallest absolute Gasteiger partial charge is 0.223 e. The highest BCUT2D eigenvalue weighted by molar-refractivity contribution is 5.92. The van der Waals surface area contributed by atoms with Crippen LogP contribution in [0.3, 0.4) is 0 Å². The number of amides is 1. The zero-order chi connectivity index (χ0) is 22.4. The van der Waals surface area contributed by atoms with Gasteiger partial charge in [0.15, 0.2) is 5.65 Å². The number of fused-ring (bicyclic) bond motifs is 1. The standard InChI is InChI=1S/C23H23FN6O2/c1-11-19-20(15-9-16(15)23(32)27-12-4-6-26-7-5-12)17(10-25)21(28-22(19)30-29-11)14-3-2-13(31)8-18(14)24/h2-3,8,12,15-16,26,31H,4-7,9H2,1H3,(H,27,32)(H,28,29,30)/t15?,16-/m0/s1. The summed E-state index contributed by atoms with van der Waals surface area (Å²) in [5.74, 6) is -1.29. The zero-order valence-electron chi connectivity index (χ0n) is 17.6. The number of aromatic nitrogens is 3. The number of rotatable bonds is 4. The van der Waals surface area contributed by atoms with Crippen molar-refractivity contribution >= 4 is 16.9 Å². The Labute approximate surface area is 183 Å². The summed E-state index contributed by atoms with van der Waals surface area (Å²) in [5, 5.41) is 33.9. The summed E-state index contributed by atoms with van der Waals surface area (Å²) in [6.07, 6.45) is 2.42. The van der Waals surface area contributed by atoms with Crippen molar-refractivity contribution in [2.24, 2.45) is 5.92 Å². The van der Waals surface area contributed by atoms with Crippen molar-refractivity contribution in [2.75, 3.05) is 13.1 Å². The van der Waals surface area contributed by atoms with Gasteiger partial charge in [0.1, 0.15) is 17.6 Å². The molecule has 1 unspecified atom stereocenters. The fraction of sp³-hybridized carbons (Fsp3) is 0.391. The summed E-state index contributed by atoms with van der Waals surface area (Å²) in [7, 11) is 0. The highest BCUT2D eigenvalue weighted by atomic mass is 19.1. The van der Waals surface area contributed by atoms with E-state index in [1.807, 2.05) is 6.92 Å². The van der Waals surface area contributed by atoms with Crippen molar-refractivity contribution < 1.29 is 14.3 Å². The maximum absolute atomic E-state index is 14.7. The van der Waals surface area contributed by atoms with Gasteiger partial charge in [-0.2, -0.15) is 10.4 Å². The molecule has 9 heteroatoms. The number of nitrogens with zero attached hydrogens (tertiary/aromatic N) is 3. The number of hydrogen-bond acceptors (Lipinski definition) is 6. The maximum atomic E-state index is 14.7. The number of phenols is 1. The third-order valence-electron chi connectivity index (χ3n) is 6.42. The second-order valence-corrected chi connectivity index (χ2v) is 8.55. The van der Waals surface area contributed by atoms with Crippen LogP contribution in [-0.2, 0) is 4.79 Å². The highest BCUT2D eigenvalue weighted by Crippen LogP contribution is 2.52. The van der Waals surface area contributed by atoms with E-state index in [2.05, 4.69) is 31.9 Å². The molecule has 1 aliphatic heterocycles. The molecule has 5 rings (SSSR count). The van der Waals surface area contributed by atoms with Crippen LogP contribution in [0.1, 0.15) is 42.0 Å². The van der Waals surface area contributed by atoms with Gasteiger partial charge < -0.3 is 15.7 Å². The molecule has 4 N–H and O–H groups in total. The Morgan fingerprint density at radius 2 is 2.12 bits per heavy atom. The Balaban J connectivity index is 1.56. The van der Waals surface area contributed by atoms with Gasteiger partial charge in [-0.1, -0.05) is 0 Å². The molecule has 1 amide bonds. The number of piperidine rings is 1. The van der Waals surface area contributed by atoms with E-state index in [0.717, 1.165) is 37.7 Å². The average Bonchev–Trinajstić information content (AvgIpc) is 3.50. The minimum atomic E-state index is -0.678. The maximum Gasteiger partial charge on any atom is 0.223 e. The lowest BCUT2D eigenvalue weighted by Gasteiger charge is -2.23. The SMILES string of the molecule is Cc1[nH]nc2nc(-c3ccc(O)cc3F)c(C#N)c(C3C[C@@H]3C(=O)NC3CCNCC3)c12. The van der Waals surface area contributed by atoms with Gasteiger partial charge in [0.25, 0.3) is 0 Å². The molecule has 2 fully saturated rings. The molecule has 2 atom stereocenters. The Morgan fingerprint density at radius 1 is 1.34 bits per heavy atom. The molecule has 1 aromatic carbocycles.